The molecule has 3 rings (SSSR count). The Morgan fingerprint density at radius 2 is 1.79 bits per heavy atom. The third-order valence-corrected chi connectivity index (χ3v) is 4.34. The van der Waals surface area contributed by atoms with Crippen molar-refractivity contribution in [3.05, 3.63) is 72.3 Å². The maximum Gasteiger partial charge on any atom is 0.251 e. The summed E-state index contributed by atoms with van der Waals surface area (Å²) >= 11 is 0. The normalized spacial score (nSPS) is 11.9. The maximum atomic E-state index is 12.6. The molecule has 2 aromatic carbocycles. The summed E-state index contributed by atoms with van der Waals surface area (Å²) in [6.45, 7) is 5.57. The minimum Gasteiger partial charge on any atom is -0.346 e. The number of benzene rings is 2. The summed E-state index contributed by atoms with van der Waals surface area (Å²) < 4.78 is 1.67. The van der Waals surface area contributed by atoms with Crippen molar-refractivity contribution in [3.63, 3.8) is 0 Å². The first-order chi connectivity index (χ1) is 13.4. The molecule has 1 unspecified atom stereocenters. The molecule has 1 atom stereocenters. The van der Waals surface area contributed by atoms with Gasteiger partial charge in [0.05, 0.1) is 11.7 Å². The fourth-order valence-electron chi connectivity index (χ4n) is 2.65. The lowest BCUT2D eigenvalue weighted by atomic mass is 10.1. The lowest BCUT2D eigenvalue weighted by Gasteiger charge is -2.15. The quantitative estimate of drug-likeness (QED) is 0.689. The summed E-state index contributed by atoms with van der Waals surface area (Å²) in [5, 5.41) is 9.89. The van der Waals surface area contributed by atoms with Gasteiger partial charge in [-0.05, 0) is 42.8 Å². The third kappa shape index (κ3) is 4.62. The number of anilines is 1. The molecule has 7 nitrogen and oxygen atoms in total. The van der Waals surface area contributed by atoms with Crippen molar-refractivity contribution >= 4 is 17.5 Å². The molecule has 7 heteroatoms. The van der Waals surface area contributed by atoms with Crippen LogP contribution in [0.5, 0.6) is 0 Å². The molecule has 0 fully saturated rings. The third-order valence-electron chi connectivity index (χ3n) is 4.34. The fraction of sp³-hybridized carbons (Fsp3) is 0.238. The van der Waals surface area contributed by atoms with Gasteiger partial charge in [0.2, 0.25) is 5.91 Å². The van der Waals surface area contributed by atoms with Crippen LogP contribution in [0, 0.1) is 5.92 Å². The minimum absolute atomic E-state index is 0.0848. The van der Waals surface area contributed by atoms with Crippen LogP contribution in [0.4, 0.5) is 5.69 Å². The number of hydrogen-bond donors (Lipinski definition) is 2. The molecule has 2 amide bonds. The molecule has 0 bridgehead atoms. The van der Waals surface area contributed by atoms with E-state index in [-0.39, 0.29) is 23.8 Å². The van der Waals surface area contributed by atoms with Crippen molar-refractivity contribution < 1.29 is 9.59 Å². The van der Waals surface area contributed by atoms with E-state index in [1.807, 2.05) is 45.0 Å². The van der Waals surface area contributed by atoms with E-state index in [1.165, 1.54) is 6.33 Å². The number of nitrogens with one attached hydrogen (secondary N) is 2. The van der Waals surface area contributed by atoms with Gasteiger partial charge in [-0.25, -0.2) is 9.67 Å². The van der Waals surface area contributed by atoms with Gasteiger partial charge in [0.25, 0.3) is 5.91 Å². The number of amides is 2. The topological polar surface area (TPSA) is 88.9 Å². The molecule has 0 aliphatic carbocycles. The van der Waals surface area contributed by atoms with Crippen molar-refractivity contribution in [2.75, 3.05) is 5.32 Å². The van der Waals surface area contributed by atoms with Crippen LogP contribution < -0.4 is 10.6 Å². The highest BCUT2D eigenvalue weighted by Crippen LogP contribution is 2.17. The standard InChI is InChI=1S/C21H23N5O2/c1-14(2)20(27)25-18-6-4-5-17(11-18)21(28)24-15(3)16-7-9-19(10-8-16)26-13-22-12-23-26/h4-15H,1-3H3,(H,24,28)(H,25,27). The van der Waals surface area contributed by atoms with Crippen LogP contribution >= 0.6 is 0 Å². The Bertz CT molecular complexity index is 949. The van der Waals surface area contributed by atoms with E-state index < -0.39 is 0 Å². The summed E-state index contributed by atoms with van der Waals surface area (Å²) in [5.74, 6) is -0.412. The Morgan fingerprint density at radius 1 is 1.04 bits per heavy atom. The molecule has 144 valence electrons. The smallest absolute Gasteiger partial charge is 0.251 e. The Labute approximate surface area is 163 Å². The van der Waals surface area contributed by atoms with E-state index in [2.05, 4.69) is 20.7 Å². The van der Waals surface area contributed by atoms with Crippen LogP contribution in [0.25, 0.3) is 5.69 Å². The van der Waals surface area contributed by atoms with Gasteiger partial charge in [-0.2, -0.15) is 5.10 Å². The second-order valence-electron chi connectivity index (χ2n) is 6.85. The largest absolute Gasteiger partial charge is 0.346 e. The van der Waals surface area contributed by atoms with Gasteiger partial charge < -0.3 is 10.6 Å². The van der Waals surface area contributed by atoms with Gasteiger partial charge in [0.1, 0.15) is 12.7 Å². The molecule has 1 aromatic heterocycles. The first kappa shape index (κ1) is 19.3. The highest BCUT2D eigenvalue weighted by Gasteiger charge is 2.13. The zero-order valence-corrected chi connectivity index (χ0v) is 16.1. The van der Waals surface area contributed by atoms with Gasteiger partial charge in [-0.15, -0.1) is 0 Å². The SMILES string of the molecule is CC(C)C(=O)Nc1cccc(C(=O)NC(C)c2ccc(-n3cncn3)cc2)c1. The Hall–Kier alpha value is -3.48. The lowest BCUT2D eigenvalue weighted by molar-refractivity contribution is -0.118. The predicted molar refractivity (Wildman–Crippen MR) is 107 cm³/mol. The highest BCUT2D eigenvalue weighted by atomic mass is 16.2. The molecule has 0 aliphatic heterocycles. The summed E-state index contributed by atoms with van der Waals surface area (Å²) in [5.41, 5.74) is 2.97. The Balaban J connectivity index is 1.66. The van der Waals surface area contributed by atoms with Crippen molar-refractivity contribution in [3.8, 4) is 5.69 Å². The van der Waals surface area contributed by atoms with Crippen LogP contribution in [0.2, 0.25) is 0 Å². The van der Waals surface area contributed by atoms with Crippen LogP contribution in [0.15, 0.2) is 61.2 Å². The van der Waals surface area contributed by atoms with Crippen molar-refractivity contribution in [1.29, 1.82) is 0 Å². The second kappa shape index (κ2) is 8.47. The average molecular weight is 377 g/mol. The number of carbonyl (C=O) groups is 2. The second-order valence-corrected chi connectivity index (χ2v) is 6.85. The number of rotatable bonds is 6. The molecule has 28 heavy (non-hydrogen) atoms. The highest BCUT2D eigenvalue weighted by molar-refractivity contribution is 5.97. The zero-order valence-electron chi connectivity index (χ0n) is 16.1. The van der Waals surface area contributed by atoms with E-state index in [0.717, 1.165) is 11.3 Å². The lowest BCUT2D eigenvalue weighted by Crippen LogP contribution is -2.27. The van der Waals surface area contributed by atoms with Gasteiger partial charge in [0, 0.05) is 17.2 Å². The molecule has 0 saturated carbocycles. The van der Waals surface area contributed by atoms with Gasteiger partial charge in [0.15, 0.2) is 0 Å². The molecule has 0 spiro atoms. The van der Waals surface area contributed by atoms with E-state index in [4.69, 9.17) is 0 Å². The van der Waals surface area contributed by atoms with Crippen LogP contribution in [0.1, 0.15) is 42.7 Å². The number of aromatic nitrogens is 3. The molecule has 0 saturated heterocycles. The van der Waals surface area contributed by atoms with Crippen molar-refractivity contribution in [2.24, 2.45) is 5.92 Å². The van der Waals surface area contributed by atoms with E-state index in [0.29, 0.717) is 11.3 Å². The Morgan fingerprint density at radius 3 is 2.43 bits per heavy atom. The van der Waals surface area contributed by atoms with Gasteiger partial charge in [-0.3, -0.25) is 9.59 Å². The maximum absolute atomic E-state index is 12.6. The van der Waals surface area contributed by atoms with E-state index in [1.54, 1.807) is 35.3 Å². The molecule has 0 aliphatic rings. The number of hydrogen-bond acceptors (Lipinski definition) is 4. The molecule has 0 radical (unpaired) electrons. The summed E-state index contributed by atoms with van der Waals surface area (Å²) in [6, 6.07) is 14.5. The van der Waals surface area contributed by atoms with Crippen molar-refractivity contribution in [1.82, 2.24) is 20.1 Å². The predicted octanol–water partition coefficient (Wildman–Crippen LogP) is 3.35. The summed E-state index contributed by atoms with van der Waals surface area (Å²) in [4.78, 5) is 28.4. The van der Waals surface area contributed by atoms with E-state index >= 15 is 0 Å². The summed E-state index contributed by atoms with van der Waals surface area (Å²) in [6.07, 6.45) is 3.11. The van der Waals surface area contributed by atoms with Gasteiger partial charge >= 0.3 is 0 Å². The molecular weight excluding hydrogens is 354 g/mol. The molecule has 2 N–H and O–H groups in total. The van der Waals surface area contributed by atoms with Crippen LogP contribution in [-0.2, 0) is 4.79 Å². The number of nitrogens with zero attached hydrogens (tertiary/aromatic N) is 3. The molecule has 1 heterocycles. The van der Waals surface area contributed by atoms with E-state index in [9.17, 15) is 9.59 Å². The van der Waals surface area contributed by atoms with Gasteiger partial charge in [-0.1, -0.05) is 32.0 Å². The van der Waals surface area contributed by atoms with Crippen molar-refractivity contribution in [2.45, 2.75) is 26.8 Å². The first-order valence-corrected chi connectivity index (χ1v) is 9.11. The average Bonchev–Trinajstić information content (AvgIpc) is 3.23. The first-order valence-electron chi connectivity index (χ1n) is 9.11. The fourth-order valence-corrected chi connectivity index (χ4v) is 2.65. The Kier molecular flexibility index (Phi) is 5.84. The molecular formula is C21H23N5O2. The number of carbonyl (C=O) groups excluding carboxylic acids is 2. The minimum atomic E-state index is -0.200. The molecule has 3 aromatic rings. The zero-order chi connectivity index (χ0) is 20.1. The van der Waals surface area contributed by atoms with Crippen LogP contribution in [-0.4, -0.2) is 26.6 Å². The van der Waals surface area contributed by atoms with Crippen LogP contribution in [0.3, 0.4) is 0 Å². The monoisotopic (exact) mass is 377 g/mol. The summed E-state index contributed by atoms with van der Waals surface area (Å²) in [7, 11) is 0.